The first-order valence-electron chi connectivity index (χ1n) is 26.3. The number of hydrogen-bond acceptors (Lipinski definition) is 6. The van der Waals surface area contributed by atoms with Gasteiger partial charge >= 0.3 is 0 Å². The van der Waals surface area contributed by atoms with E-state index in [0.29, 0.717) is 0 Å². The van der Waals surface area contributed by atoms with E-state index in [9.17, 15) is 9.59 Å². The van der Waals surface area contributed by atoms with Gasteiger partial charge in [-0.25, -0.2) is 0 Å². The number of rotatable bonds is 0. The van der Waals surface area contributed by atoms with Crippen LogP contribution in [0.1, 0.15) is 107 Å². The number of hydrogen-bond donors (Lipinski definition) is 4. The average molecular weight is 1010 g/mol. The molecule has 0 amide bonds. The molecular formula is C67H86N6O2. The van der Waals surface area contributed by atoms with Crippen LogP contribution in [0.4, 0.5) is 5.69 Å². The topological polar surface area (TPSA) is 116 Å². The fourth-order valence-electron chi connectivity index (χ4n) is 6.61. The van der Waals surface area contributed by atoms with Crippen LogP contribution in [-0.4, -0.2) is 26.5 Å². The Morgan fingerprint density at radius 2 is 1.04 bits per heavy atom. The van der Waals surface area contributed by atoms with Crippen LogP contribution in [0.3, 0.4) is 0 Å². The van der Waals surface area contributed by atoms with Gasteiger partial charge in [0.2, 0.25) is 5.56 Å². The smallest absolute Gasteiger partial charge is 0.255 e. The van der Waals surface area contributed by atoms with Crippen molar-refractivity contribution in [3.63, 3.8) is 0 Å². The number of aromatic amines is 2. The predicted octanol–water partition coefficient (Wildman–Crippen LogP) is 18.2. The zero-order valence-corrected chi connectivity index (χ0v) is 46.1. The van der Waals surface area contributed by atoms with Crippen LogP contribution in [0.5, 0.6) is 0 Å². The van der Waals surface area contributed by atoms with Gasteiger partial charge in [-0.1, -0.05) is 230 Å². The number of H-pyrrole nitrogens is 2. The average Bonchev–Trinajstić information content (AvgIpc) is 3.51. The second-order valence-corrected chi connectivity index (χ2v) is 14.0. The van der Waals surface area contributed by atoms with Crippen molar-refractivity contribution in [1.82, 2.24) is 25.3 Å². The van der Waals surface area contributed by atoms with E-state index in [1.807, 2.05) is 217 Å². The number of benzene rings is 6. The maximum Gasteiger partial charge on any atom is 0.255 e. The van der Waals surface area contributed by atoms with Crippen molar-refractivity contribution in [2.45, 2.75) is 97.1 Å². The summed E-state index contributed by atoms with van der Waals surface area (Å²) in [5, 5.41) is 12.9. The second kappa shape index (κ2) is 43.2. The van der Waals surface area contributed by atoms with Crippen molar-refractivity contribution < 1.29 is 0 Å². The molecule has 0 unspecified atom stereocenters. The Morgan fingerprint density at radius 1 is 0.467 bits per heavy atom. The summed E-state index contributed by atoms with van der Waals surface area (Å²) in [6.07, 6.45) is 15.5. The van der Waals surface area contributed by atoms with Crippen LogP contribution in [0.2, 0.25) is 0 Å². The van der Waals surface area contributed by atoms with E-state index in [1.165, 1.54) is 44.6 Å². The Labute approximate surface area is 449 Å². The van der Waals surface area contributed by atoms with Crippen LogP contribution in [0.15, 0.2) is 229 Å². The molecule has 12 rings (SSSR count). The highest BCUT2D eigenvalue weighted by atomic mass is 16.1. The minimum atomic E-state index is -0.0521. The molecule has 75 heavy (non-hydrogen) atoms. The Hall–Kier alpha value is -8.36. The Balaban J connectivity index is 0.000000839. The summed E-state index contributed by atoms with van der Waals surface area (Å²) < 4.78 is 0. The summed E-state index contributed by atoms with van der Waals surface area (Å²) in [5.74, 6) is 0. The maximum atomic E-state index is 11.1. The van der Waals surface area contributed by atoms with E-state index in [1.54, 1.807) is 6.20 Å². The number of nitrogens with zero attached hydrogens (tertiary/aromatic N) is 2. The lowest BCUT2D eigenvalue weighted by atomic mass is 10.1. The SMILES string of the molecule is C.C1=Cc2ccccc2CN1.C1=Cc2ccccc2NC1.CC.CC.CC.CC.CC.CC.O=c1[nH]ccc2ccccc12.O=c1ccc2ccccc2[nH]1.c1ccc2cnccc2c1.c1ccc2ncccc2c1. The molecule has 8 nitrogen and oxygen atoms in total. The second-order valence-electron chi connectivity index (χ2n) is 14.0. The van der Waals surface area contributed by atoms with Gasteiger partial charge in [-0.05, 0) is 99.0 Å². The van der Waals surface area contributed by atoms with E-state index in [2.05, 4.69) is 116 Å². The molecule has 0 fully saturated rings. The molecule has 2 aliphatic heterocycles. The molecule has 8 heteroatoms. The van der Waals surface area contributed by atoms with E-state index in [4.69, 9.17) is 0 Å². The molecule has 2 aliphatic rings. The maximum absolute atomic E-state index is 11.1. The van der Waals surface area contributed by atoms with Crippen molar-refractivity contribution in [2.24, 2.45) is 0 Å². The Kier molecular flexibility index (Phi) is 38.4. The standard InChI is InChI=1S/2C9H7NO.C9H9N.C9H7N.C9H9N.C9H7N.6C2H6.CH4/c11-9-8-4-2-1-3-7(8)5-6-10-9;11-9-6-5-7-3-1-2-4-8(7)10-9;2*1-2-6-9-8(4-1)5-3-7-10-9;2*1-2-4-9-7-10-6-5-8(9)3-1;6*1-2;/h2*1-6H,(H,10,11);1-6,10H,7H2;1-7H;1-6,10H,7H2;1-7H;6*1-2H3;1H4. The van der Waals surface area contributed by atoms with Crippen molar-refractivity contribution in [1.29, 1.82) is 0 Å². The van der Waals surface area contributed by atoms with Gasteiger partial charge in [-0.2, -0.15) is 0 Å². The monoisotopic (exact) mass is 1010 g/mol. The summed E-state index contributed by atoms with van der Waals surface area (Å²) in [6, 6.07) is 59.4. The molecule has 0 radical (unpaired) electrons. The molecule has 10 aromatic rings. The number of fused-ring (bicyclic) bond motifs is 6. The molecule has 6 aromatic carbocycles. The molecule has 0 spiro atoms. The van der Waals surface area contributed by atoms with Crippen molar-refractivity contribution in [2.75, 3.05) is 11.9 Å². The minimum absolute atomic E-state index is 0. The zero-order valence-electron chi connectivity index (χ0n) is 46.1. The number of para-hydroxylation sites is 3. The number of aromatic nitrogens is 4. The molecule has 0 atom stereocenters. The molecule has 0 saturated heterocycles. The molecule has 0 bridgehead atoms. The van der Waals surface area contributed by atoms with Gasteiger partial charge in [0.1, 0.15) is 0 Å². The van der Waals surface area contributed by atoms with Crippen LogP contribution < -0.4 is 21.8 Å². The summed E-state index contributed by atoms with van der Waals surface area (Å²) in [6.45, 7) is 25.9. The molecule has 4 N–H and O–H groups in total. The number of anilines is 1. The van der Waals surface area contributed by atoms with Gasteiger partial charge in [-0.3, -0.25) is 19.6 Å². The van der Waals surface area contributed by atoms with Gasteiger partial charge in [0.05, 0.1) is 5.52 Å². The molecular weight excluding hydrogens is 921 g/mol. The molecule has 396 valence electrons. The normalized spacial score (nSPS) is 9.87. The van der Waals surface area contributed by atoms with Crippen LogP contribution in [-0.2, 0) is 6.54 Å². The molecule has 6 heterocycles. The lowest BCUT2D eigenvalue weighted by Gasteiger charge is -2.11. The quantitative estimate of drug-likeness (QED) is 0.120. The molecule has 4 aromatic heterocycles. The highest BCUT2D eigenvalue weighted by Crippen LogP contribution is 2.19. The van der Waals surface area contributed by atoms with Crippen LogP contribution in [0, 0.1) is 0 Å². The predicted molar refractivity (Wildman–Crippen MR) is 334 cm³/mol. The van der Waals surface area contributed by atoms with E-state index < -0.39 is 0 Å². The van der Waals surface area contributed by atoms with Gasteiger partial charge < -0.3 is 20.6 Å². The number of pyridine rings is 4. The van der Waals surface area contributed by atoms with Crippen LogP contribution >= 0.6 is 0 Å². The van der Waals surface area contributed by atoms with Crippen molar-refractivity contribution in [3.8, 4) is 0 Å². The van der Waals surface area contributed by atoms with Crippen molar-refractivity contribution in [3.05, 3.63) is 256 Å². The van der Waals surface area contributed by atoms with E-state index in [-0.39, 0.29) is 18.5 Å². The van der Waals surface area contributed by atoms with Crippen LogP contribution in [0.25, 0.3) is 55.5 Å². The van der Waals surface area contributed by atoms with Gasteiger partial charge in [-0.15, -0.1) is 0 Å². The third kappa shape index (κ3) is 24.3. The summed E-state index contributed by atoms with van der Waals surface area (Å²) in [5.41, 5.74) is 7.11. The fraction of sp³-hybridized carbons (Fsp3) is 0.224. The van der Waals surface area contributed by atoms with Gasteiger partial charge in [0.25, 0.3) is 5.56 Å². The Bertz CT molecular complexity index is 2900. The highest BCUT2D eigenvalue weighted by Gasteiger charge is 2.00. The first-order chi connectivity index (χ1) is 36.6. The largest absolute Gasteiger partial charge is 0.387 e. The molecule has 0 saturated carbocycles. The summed E-state index contributed by atoms with van der Waals surface area (Å²) in [4.78, 5) is 35.5. The first kappa shape index (κ1) is 66.6. The van der Waals surface area contributed by atoms with Gasteiger partial charge in [0.15, 0.2) is 0 Å². The Morgan fingerprint density at radius 3 is 1.71 bits per heavy atom. The number of nitrogens with one attached hydrogen (secondary N) is 4. The molecule has 0 aliphatic carbocycles. The highest BCUT2D eigenvalue weighted by molar-refractivity contribution is 5.82. The van der Waals surface area contributed by atoms with Gasteiger partial charge in [0, 0.05) is 65.9 Å². The summed E-state index contributed by atoms with van der Waals surface area (Å²) >= 11 is 0. The van der Waals surface area contributed by atoms with E-state index >= 15 is 0 Å². The zero-order chi connectivity index (χ0) is 54.6. The van der Waals surface area contributed by atoms with Crippen molar-refractivity contribution >= 4 is 61.2 Å². The summed E-state index contributed by atoms with van der Waals surface area (Å²) in [7, 11) is 0. The lowest BCUT2D eigenvalue weighted by Crippen LogP contribution is -2.09. The third-order valence-electron chi connectivity index (χ3n) is 9.77. The lowest BCUT2D eigenvalue weighted by molar-refractivity contribution is 0.859. The fourth-order valence-corrected chi connectivity index (χ4v) is 6.61. The minimum Gasteiger partial charge on any atom is -0.387 e. The first-order valence-corrected chi connectivity index (χ1v) is 26.3. The van der Waals surface area contributed by atoms with E-state index in [0.717, 1.165) is 40.3 Å². The third-order valence-corrected chi connectivity index (χ3v) is 9.77.